The molecule has 0 bridgehead atoms. The first-order chi connectivity index (χ1) is 36.5. The fraction of sp³-hybridized carbons (Fsp3) is 0.106. The minimum atomic E-state index is -0.621. The van der Waals surface area contributed by atoms with Crippen molar-refractivity contribution in [3.05, 3.63) is 290 Å². The lowest BCUT2D eigenvalue weighted by Crippen LogP contribution is -2.20. The Kier molecular flexibility index (Phi) is 22.9. The van der Waals surface area contributed by atoms with Crippen molar-refractivity contribution in [2.24, 2.45) is 0 Å². The van der Waals surface area contributed by atoms with Gasteiger partial charge in [0.2, 0.25) is 0 Å². The molecule has 0 amide bonds. The van der Waals surface area contributed by atoms with Crippen molar-refractivity contribution in [3.8, 4) is 11.5 Å². The fourth-order valence-corrected chi connectivity index (χ4v) is 15.0. The van der Waals surface area contributed by atoms with Crippen LogP contribution in [0.5, 0.6) is 11.5 Å². The van der Waals surface area contributed by atoms with Crippen molar-refractivity contribution in [1.29, 1.82) is 0 Å². The molecule has 1 atom stereocenters. The number of ether oxygens (including phenoxy) is 2. The number of aromatic nitrogens is 1. The van der Waals surface area contributed by atoms with E-state index in [0.29, 0.717) is 19.1 Å². The molecule has 0 N–H and O–H groups in total. The number of hydrogen-bond acceptors (Lipinski definition) is 4. The van der Waals surface area contributed by atoms with Crippen LogP contribution in [-0.2, 0) is 11.8 Å². The van der Waals surface area contributed by atoms with Crippen molar-refractivity contribution in [3.63, 3.8) is 0 Å². The summed E-state index contributed by atoms with van der Waals surface area (Å²) in [5, 5.41) is 12.2. The average molecular weight is 1060 g/mol. The van der Waals surface area contributed by atoms with Crippen LogP contribution in [0.25, 0.3) is 0 Å². The molecule has 9 aromatic carbocycles. The molecule has 0 fully saturated rings. The molecule has 0 saturated carbocycles. The monoisotopic (exact) mass is 1060 g/mol. The summed E-state index contributed by atoms with van der Waals surface area (Å²) >= 11 is 3.89. The quantitative estimate of drug-likeness (QED) is 0.0713. The molecule has 0 spiro atoms. The Morgan fingerprint density at radius 2 is 0.608 bits per heavy atom. The Labute approximate surface area is 451 Å². The van der Waals surface area contributed by atoms with Crippen LogP contribution in [-0.4, -0.2) is 18.2 Å². The topological polar surface area (TPSA) is 31.4 Å². The van der Waals surface area contributed by atoms with Gasteiger partial charge in [0, 0.05) is 12.4 Å². The minimum absolute atomic E-state index is 0.458. The zero-order valence-electron chi connectivity index (χ0n) is 42.3. The second kappa shape index (κ2) is 30.7. The third-order valence-electron chi connectivity index (χ3n) is 12.1. The van der Waals surface area contributed by atoms with E-state index in [1.54, 1.807) is 0 Å². The van der Waals surface area contributed by atoms with Crippen LogP contribution < -0.4 is 57.2 Å². The number of nitrogens with zero attached hydrogens (tertiary/aromatic N) is 1. The highest BCUT2D eigenvalue weighted by Gasteiger charge is 2.18. The minimum Gasteiger partial charge on any atom is -0.490 e. The van der Waals surface area contributed by atoms with Gasteiger partial charge in [-0.1, -0.05) is 262 Å². The SMILES string of the molecule is CCC(C)c1ccncc1.Cc1ccc(P(c2ccccc2)c2ccccc2)cc1.P=S.c1ccc(P(c2ccccc2)c2ccc(OCCOc3ccc(P(c4ccccc4)c4ccccc4)cc3)cc2)cc1. The number of hydrogen-bond donors (Lipinski definition) is 0. The molecule has 1 unspecified atom stereocenters. The molecule has 0 aliphatic heterocycles. The molecule has 3 nitrogen and oxygen atoms in total. The van der Waals surface area contributed by atoms with Gasteiger partial charge in [0.15, 0.2) is 0 Å². The van der Waals surface area contributed by atoms with Gasteiger partial charge in [0.25, 0.3) is 0 Å². The molecule has 370 valence electrons. The van der Waals surface area contributed by atoms with Crippen LogP contribution in [0, 0.1) is 6.92 Å². The molecular weight excluding hydrogens is 995 g/mol. The molecule has 10 aromatic rings. The summed E-state index contributed by atoms with van der Waals surface area (Å²) in [6.07, 6.45) is 4.90. The number of pyridine rings is 1. The highest BCUT2D eigenvalue weighted by molar-refractivity contribution is 7.88. The average Bonchev–Trinajstić information content (AvgIpc) is 3.48. The third kappa shape index (κ3) is 16.5. The first-order valence-corrected chi connectivity index (χ1v) is 30.5. The molecule has 1 heterocycles. The van der Waals surface area contributed by atoms with Crippen molar-refractivity contribution >= 4 is 91.3 Å². The highest BCUT2D eigenvalue weighted by Crippen LogP contribution is 2.35. The van der Waals surface area contributed by atoms with Gasteiger partial charge < -0.3 is 9.47 Å². The van der Waals surface area contributed by atoms with Crippen molar-refractivity contribution in [1.82, 2.24) is 4.98 Å². The Morgan fingerprint density at radius 3 is 0.865 bits per heavy atom. The van der Waals surface area contributed by atoms with Gasteiger partial charge in [-0.05, 0) is 141 Å². The standard InChI is InChI=1S/C38H32O2P2.C19H17P.C9H13N.HPS/c1-5-13-33(14-6-1)41(34-15-7-2-8-16-34)37-25-21-31(22-26-37)39-29-30-40-32-23-27-38(28-24-32)42(35-17-9-3-10-18-35)36-19-11-4-12-20-36;1-16-12-14-19(15-13-16)20(17-8-4-2-5-9-17)18-10-6-3-7-11-18;1-3-8(2)9-4-6-10-7-5-9;1-2/h1-28H,29-30H2;2-15H,1H3;4-8H,3H2,1-2H3;1H. The second-order valence-corrected chi connectivity index (χ2v) is 23.8. The van der Waals surface area contributed by atoms with Crippen LogP contribution in [0.2, 0.25) is 0 Å². The van der Waals surface area contributed by atoms with E-state index < -0.39 is 23.8 Å². The van der Waals surface area contributed by atoms with Gasteiger partial charge in [-0.25, -0.2) is 0 Å². The molecule has 0 radical (unpaired) electrons. The van der Waals surface area contributed by atoms with Gasteiger partial charge in [0.05, 0.1) is 0 Å². The molecule has 8 heteroatoms. The molecule has 0 aliphatic rings. The van der Waals surface area contributed by atoms with E-state index in [2.05, 4.69) is 312 Å². The predicted octanol–water partition coefficient (Wildman–Crippen LogP) is 13.6. The van der Waals surface area contributed by atoms with E-state index in [4.69, 9.17) is 9.47 Å². The van der Waals surface area contributed by atoms with E-state index in [9.17, 15) is 0 Å². The van der Waals surface area contributed by atoms with Gasteiger partial charge in [-0.3, -0.25) is 4.98 Å². The number of aryl methyl sites for hydroxylation is 1. The fourth-order valence-electron chi connectivity index (χ4n) is 8.13. The molecule has 0 saturated heterocycles. The van der Waals surface area contributed by atoms with Crippen LogP contribution in [0.1, 0.15) is 37.3 Å². The van der Waals surface area contributed by atoms with Crippen LogP contribution >= 0.6 is 31.8 Å². The Morgan fingerprint density at radius 1 is 0.365 bits per heavy atom. The third-order valence-corrected chi connectivity index (χ3v) is 19.4. The van der Waals surface area contributed by atoms with Gasteiger partial charge in [0.1, 0.15) is 24.7 Å². The zero-order valence-corrected chi connectivity index (χ0v) is 46.8. The van der Waals surface area contributed by atoms with Crippen LogP contribution in [0.3, 0.4) is 0 Å². The van der Waals surface area contributed by atoms with Crippen molar-refractivity contribution < 1.29 is 9.47 Å². The molecule has 0 aliphatic carbocycles. The maximum absolute atomic E-state index is 6.04. The lowest BCUT2D eigenvalue weighted by atomic mass is 10.0. The van der Waals surface area contributed by atoms with Crippen molar-refractivity contribution in [2.75, 3.05) is 13.2 Å². The second-order valence-electron chi connectivity index (χ2n) is 17.1. The predicted molar refractivity (Wildman–Crippen MR) is 330 cm³/mol. The molecule has 74 heavy (non-hydrogen) atoms. The van der Waals surface area contributed by atoms with Gasteiger partial charge >= 0.3 is 0 Å². The zero-order chi connectivity index (χ0) is 51.6. The lowest BCUT2D eigenvalue weighted by Gasteiger charge is -2.20. The Balaban J connectivity index is 0.000000205. The first-order valence-electron chi connectivity index (χ1n) is 24.9. The van der Waals surface area contributed by atoms with E-state index in [1.165, 1.54) is 65.3 Å². The summed E-state index contributed by atoms with van der Waals surface area (Å²) in [7, 11) is 0.855. The summed E-state index contributed by atoms with van der Waals surface area (Å²) < 4.78 is 12.1. The molecule has 10 rings (SSSR count). The summed E-state index contributed by atoms with van der Waals surface area (Å²) in [6.45, 7) is 7.53. The van der Waals surface area contributed by atoms with Gasteiger partial charge in [-0.15, -0.1) is 0 Å². The van der Waals surface area contributed by atoms with E-state index in [-0.39, 0.29) is 0 Å². The van der Waals surface area contributed by atoms with Crippen molar-refractivity contribution in [2.45, 2.75) is 33.1 Å². The number of rotatable bonds is 16. The van der Waals surface area contributed by atoms with E-state index in [1.807, 2.05) is 12.4 Å². The number of benzene rings is 9. The summed E-state index contributed by atoms with van der Waals surface area (Å²) in [6, 6.07) is 94.7. The maximum Gasteiger partial charge on any atom is 0.122 e. The van der Waals surface area contributed by atoms with Crippen LogP contribution in [0.4, 0.5) is 0 Å². The maximum atomic E-state index is 6.04. The smallest absolute Gasteiger partial charge is 0.122 e. The normalized spacial score (nSPS) is 10.9. The summed E-state index contributed by atoms with van der Waals surface area (Å²) in [4.78, 5) is 3.96. The Bertz CT molecular complexity index is 2830. The molecular formula is C66H63NO2P4S. The highest BCUT2D eigenvalue weighted by atomic mass is 32.4. The largest absolute Gasteiger partial charge is 0.490 e. The first kappa shape index (κ1) is 55.3. The summed E-state index contributed by atoms with van der Waals surface area (Å²) in [5.41, 5.74) is 2.70. The summed E-state index contributed by atoms with van der Waals surface area (Å²) in [5.74, 6) is 2.37. The Hall–Kier alpha value is -6.46. The molecule has 1 aromatic heterocycles. The van der Waals surface area contributed by atoms with E-state index in [0.717, 1.165) is 11.5 Å². The van der Waals surface area contributed by atoms with Crippen LogP contribution in [0.15, 0.2) is 279 Å². The van der Waals surface area contributed by atoms with E-state index >= 15 is 0 Å². The van der Waals surface area contributed by atoms with Gasteiger partial charge in [-0.2, -0.15) is 0 Å². The lowest BCUT2D eigenvalue weighted by molar-refractivity contribution is 0.217.